The topological polar surface area (TPSA) is 27.7 Å². The maximum atomic E-state index is 6.18. The monoisotopic (exact) mass is 362 g/mol. The van der Waals surface area contributed by atoms with Gasteiger partial charge in [0, 0.05) is 16.7 Å². The van der Waals surface area contributed by atoms with Crippen molar-refractivity contribution in [3.63, 3.8) is 0 Å². The molecular weight excluding hydrogens is 336 g/mol. The van der Waals surface area contributed by atoms with Crippen molar-refractivity contribution in [1.29, 1.82) is 0 Å². The Hall–Kier alpha value is -2.68. The summed E-state index contributed by atoms with van der Waals surface area (Å²) in [7, 11) is 1.73. The molecule has 0 spiro atoms. The highest BCUT2D eigenvalue weighted by Crippen LogP contribution is 2.43. The van der Waals surface area contributed by atoms with E-state index in [1.165, 1.54) is 5.56 Å². The van der Waals surface area contributed by atoms with Gasteiger partial charge in [0.05, 0.1) is 12.7 Å². The van der Waals surface area contributed by atoms with Gasteiger partial charge in [0.1, 0.15) is 29.5 Å². The number of fused-ring (bicyclic) bond motifs is 3. The molecule has 0 N–H and O–H groups in total. The molecule has 2 aliphatic heterocycles. The van der Waals surface area contributed by atoms with E-state index in [-0.39, 0.29) is 5.60 Å². The van der Waals surface area contributed by atoms with Crippen molar-refractivity contribution in [2.75, 3.05) is 13.7 Å². The standard InChI is InChI=1S/C24H26O3/c1-5-6-16-7-9-19(22(13-16)25-4)18-14-17-8-10-21-20(23(17)26-15-18)11-12-24(2,3)27-21/h7-14H,5-6,15H2,1-4H3. The zero-order valence-electron chi connectivity index (χ0n) is 16.5. The molecule has 2 aromatic rings. The summed E-state index contributed by atoms with van der Waals surface area (Å²) >= 11 is 0. The van der Waals surface area contributed by atoms with Crippen molar-refractivity contribution in [2.45, 2.75) is 39.2 Å². The van der Waals surface area contributed by atoms with E-state index in [1.807, 2.05) is 6.07 Å². The van der Waals surface area contributed by atoms with E-state index in [2.05, 4.69) is 63.3 Å². The van der Waals surface area contributed by atoms with Gasteiger partial charge in [-0.25, -0.2) is 0 Å². The highest BCUT2D eigenvalue weighted by atomic mass is 16.5. The van der Waals surface area contributed by atoms with Crippen LogP contribution >= 0.6 is 0 Å². The average Bonchev–Trinajstić information content (AvgIpc) is 2.66. The van der Waals surface area contributed by atoms with Crippen LogP contribution in [-0.4, -0.2) is 19.3 Å². The molecule has 3 heteroatoms. The van der Waals surface area contributed by atoms with Crippen LogP contribution < -0.4 is 14.2 Å². The molecule has 0 unspecified atom stereocenters. The van der Waals surface area contributed by atoms with E-state index < -0.39 is 0 Å². The molecule has 2 aliphatic rings. The summed E-state index contributed by atoms with van der Waals surface area (Å²) in [6.45, 7) is 6.82. The van der Waals surface area contributed by atoms with Gasteiger partial charge in [0.25, 0.3) is 0 Å². The van der Waals surface area contributed by atoms with Gasteiger partial charge in [-0.3, -0.25) is 0 Å². The molecule has 2 heterocycles. The second-order valence-corrected chi connectivity index (χ2v) is 7.68. The Bertz CT molecular complexity index is 935. The van der Waals surface area contributed by atoms with Crippen molar-refractivity contribution < 1.29 is 14.2 Å². The van der Waals surface area contributed by atoms with E-state index in [0.29, 0.717) is 6.61 Å². The Morgan fingerprint density at radius 1 is 1.15 bits per heavy atom. The van der Waals surface area contributed by atoms with Gasteiger partial charge in [0.2, 0.25) is 0 Å². The Morgan fingerprint density at radius 2 is 2.00 bits per heavy atom. The third kappa shape index (κ3) is 3.34. The molecule has 140 valence electrons. The van der Waals surface area contributed by atoms with Crippen molar-refractivity contribution in [1.82, 2.24) is 0 Å². The minimum atomic E-state index is -0.287. The van der Waals surface area contributed by atoms with E-state index in [0.717, 1.165) is 52.4 Å². The van der Waals surface area contributed by atoms with Crippen LogP contribution in [0.2, 0.25) is 0 Å². The smallest absolute Gasteiger partial charge is 0.137 e. The van der Waals surface area contributed by atoms with Crippen molar-refractivity contribution >= 4 is 17.7 Å². The summed E-state index contributed by atoms with van der Waals surface area (Å²) in [5.41, 5.74) is 5.33. The molecule has 27 heavy (non-hydrogen) atoms. The number of rotatable bonds is 4. The lowest BCUT2D eigenvalue weighted by atomic mass is 9.94. The van der Waals surface area contributed by atoms with E-state index in [9.17, 15) is 0 Å². The van der Waals surface area contributed by atoms with Crippen molar-refractivity contribution in [3.8, 4) is 17.2 Å². The number of ether oxygens (including phenoxy) is 3. The average molecular weight is 362 g/mol. The summed E-state index contributed by atoms with van der Waals surface area (Å²) in [4.78, 5) is 0. The SMILES string of the molecule is CCCc1ccc(C2=Cc3ccc4c(c3OC2)C=CC(C)(C)O4)c(OC)c1. The molecule has 0 fully saturated rings. The molecule has 0 aromatic heterocycles. The van der Waals surface area contributed by atoms with Crippen LogP contribution in [0.25, 0.3) is 17.7 Å². The lowest BCUT2D eigenvalue weighted by Crippen LogP contribution is -2.27. The van der Waals surface area contributed by atoms with Gasteiger partial charge in [-0.2, -0.15) is 0 Å². The highest BCUT2D eigenvalue weighted by molar-refractivity contribution is 5.89. The molecule has 4 rings (SSSR count). The summed E-state index contributed by atoms with van der Waals surface area (Å²) in [6.07, 6.45) is 8.57. The molecule has 0 atom stereocenters. The molecule has 0 amide bonds. The van der Waals surface area contributed by atoms with Gasteiger partial charge >= 0.3 is 0 Å². The first-order chi connectivity index (χ1) is 13.0. The summed E-state index contributed by atoms with van der Waals surface area (Å²) in [5.74, 6) is 2.67. The second kappa shape index (κ2) is 6.80. The van der Waals surface area contributed by atoms with Crippen LogP contribution in [0, 0.1) is 0 Å². The molecule has 3 nitrogen and oxygen atoms in total. The maximum absolute atomic E-state index is 6.18. The fourth-order valence-electron chi connectivity index (χ4n) is 3.70. The predicted octanol–water partition coefficient (Wildman–Crippen LogP) is 5.76. The third-order valence-electron chi connectivity index (χ3n) is 5.06. The first kappa shape index (κ1) is 17.7. The van der Waals surface area contributed by atoms with Crippen molar-refractivity contribution in [2.24, 2.45) is 0 Å². The van der Waals surface area contributed by atoms with E-state index in [4.69, 9.17) is 14.2 Å². The minimum Gasteiger partial charge on any atom is -0.496 e. The van der Waals surface area contributed by atoms with Gasteiger partial charge in [-0.15, -0.1) is 0 Å². The van der Waals surface area contributed by atoms with Crippen LogP contribution in [0.1, 0.15) is 49.4 Å². The van der Waals surface area contributed by atoms with E-state index in [1.54, 1.807) is 7.11 Å². The number of hydrogen-bond acceptors (Lipinski definition) is 3. The summed E-state index contributed by atoms with van der Waals surface area (Å²) in [5, 5.41) is 0. The minimum absolute atomic E-state index is 0.287. The van der Waals surface area contributed by atoms with Crippen LogP contribution in [0.15, 0.2) is 36.4 Å². The van der Waals surface area contributed by atoms with Gasteiger partial charge < -0.3 is 14.2 Å². The van der Waals surface area contributed by atoms with Gasteiger partial charge in [-0.1, -0.05) is 25.5 Å². The molecule has 0 aliphatic carbocycles. The summed E-state index contributed by atoms with van der Waals surface area (Å²) in [6, 6.07) is 10.6. The largest absolute Gasteiger partial charge is 0.496 e. The normalized spacial score (nSPS) is 16.5. The third-order valence-corrected chi connectivity index (χ3v) is 5.06. The van der Waals surface area contributed by atoms with Crippen LogP contribution in [0.4, 0.5) is 0 Å². The maximum Gasteiger partial charge on any atom is 0.137 e. The predicted molar refractivity (Wildman–Crippen MR) is 111 cm³/mol. The first-order valence-electron chi connectivity index (χ1n) is 9.56. The molecule has 0 radical (unpaired) electrons. The zero-order chi connectivity index (χ0) is 19.0. The Labute approximate surface area is 161 Å². The van der Waals surface area contributed by atoms with Crippen LogP contribution in [-0.2, 0) is 6.42 Å². The van der Waals surface area contributed by atoms with Gasteiger partial charge in [0.15, 0.2) is 0 Å². The Balaban J connectivity index is 1.72. The number of benzene rings is 2. The molecular formula is C24H26O3. The highest BCUT2D eigenvalue weighted by Gasteiger charge is 2.26. The number of aryl methyl sites for hydroxylation is 1. The Kier molecular flexibility index (Phi) is 4.47. The first-order valence-corrected chi connectivity index (χ1v) is 9.56. The molecule has 0 bridgehead atoms. The quantitative estimate of drug-likeness (QED) is 0.691. The fourth-order valence-corrected chi connectivity index (χ4v) is 3.70. The van der Waals surface area contributed by atoms with Gasteiger partial charge in [-0.05, 0) is 62.3 Å². The second-order valence-electron chi connectivity index (χ2n) is 7.68. The lowest BCUT2D eigenvalue weighted by Gasteiger charge is -2.30. The molecule has 2 aromatic carbocycles. The summed E-state index contributed by atoms with van der Waals surface area (Å²) < 4.78 is 17.9. The molecule has 0 saturated heterocycles. The van der Waals surface area contributed by atoms with Crippen LogP contribution in [0.3, 0.4) is 0 Å². The lowest BCUT2D eigenvalue weighted by molar-refractivity contribution is 0.158. The Morgan fingerprint density at radius 3 is 2.78 bits per heavy atom. The molecule has 0 saturated carbocycles. The van der Waals surface area contributed by atoms with E-state index >= 15 is 0 Å². The van der Waals surface area contributed by atoms with Crippen molar-refractivity contribution in [3.05, 3.63) is 58.7 Å². The fraction of sp³-hybridized carbons (Fsp3) is 0.333. The van der Waals surface area contributed by atoms with Crippen LogP contribution in [0.5, 0.6) is 17.2 Å². The zero-order valence-corrected chi connectivity index (χ0v) is 16.5. The number of hydrogen-bond donors (Lipinski definition) is 0. The number of methoxy groups -OCH3 is 1.